The van der Waals surface area contributed by atoms with E-state index in [1.54, 1.807) is 6.92 Å². The molecule has 0 spiro atoms. The highest BCUT2D eigenvalue weighted by Gasteiger charge is 2.31. The lowest BCUT2D eigenvalue weighted by molar-refractivity contribution is -0.138. The summed E-state index contributed by atoms with van der Waals surface area (Å²) in [4.78, 5) is 3.84. The zero-order valence-electron chi connectivity index (χ0n) is 7.98. The average Bonchev–Trinajstić information content (AvgIpc) is 1.98. The van der Waals surface area contributed by atoms with Crippen LogP contribution in [0.25, 0.3) is 0 Å². The van der Waals surface area contributed by atoms with Crippen molar-refractivity contribution >= 4 is 11.6 Å². The zero-order chi connectivity index (χ0) is 11.6. The van der Waals surface area contributed by atoms with Gasteiger partial charge in [0.15, 0.2) is 0 Å². The van der Waals surface area contributed by atoms with E-state index < -0.39 is 18.6 Å². The maximum atomic E-state index is 12.1. The zero-order valence-corrected chi connectivity index (χ0v) is 8.73. The third-order valence-corrected chi connectivity index (χ3v) is 2.02. The Bertz CT molecular complexity index is 331. The number of aryl methyl sites for hydroxylation is 1. The van der Waals surface area contributed by atoms with Crippen molar-refractivity contribution in [1.29, 1.82) is 0 Å². The summed E-state index contributed by atoms with van der Waals surface area (Å²) in [5, 5.41) is 0.155. The van der Waals surface area contributed by atoms with Gasteiger partial charge in [-0.2, -0.15) is 13.2 Å². The van der Waals surface area contributed by atoms with Crippen molar-refractivity contribution in [2.24, 2.45) is 5.73 Å². The summed E-state index contributed by atoms with van der Waals surface area (Å²) in [6, 6.07) is 1.76. The van der Waals surface area contributed by atoms with Gasteiger partial charge in [0, 0.05) is 11.7 Å². The third-order valence-electron chi connectivity index (χ3n) is 1.82. The Kier molecular flexibility index (Phi) is 3.57. The fourth-order valence-corrected chi connectivity index (χ4v) is 1.49. The quantitative estimate of drug-likeness (QED) is 0.805. The number of alkyl halides is 3. The Morgan fingerprint density at radius 2 is 2.07 bits per heavy atom. The van der Waals surface area contributed by atoms with Gasteiger partial charge in [-0.25, -0.2) is 4.98 Å². The smallest absolute Gasteiger partial charge is 0.324 e. The fraction of sp³-hybridized carbons (Fsp3) is 0.444. The van der Waals surface area contributed by atoms with E-state index in [2.05, 4.69) is 4.98 Å². The summed E-state index contributed by atoms with van der Waals surface area (Å²) >= 11 is 5.62. The Labute approximate surface area is 90.3 Å². The minimum Gasteiger partial charge on any atom is -0.324 e. The molecule has 15 heavy (non-hydrogen) atoms. The van der Waals surface area contributed by atoms with E-state index in [9.17, 15) is 13.2 Å². The summed E-state index contributed by atoms with van der Waals surface area (Å²) < 4.78 is 36.2. The van der Waals surface area contributed by atoms with Gasteiger partial charge < -0.3 is 5.73 Å². The van der Waals surface area contributed by atoms with Gasteiger partial charge in [-0.3, -0.25) is 0 Å². The molecule has 0 aliphatic heterocycles. The first-order chi connectivity index (χ1) is 6.78. The molecule has 84 valence electrons. The van der Waals surface area contributed by atoms with E-state index in [4.69, 9.17) is 17.3 Å². The van der Waals surface area contributed by atoms with Crippen molar-refractivity contribution in [3.8, 4) is 0 Å². The molecule has 1 atom stereocenters. The number of halogens is 4. The second-order valence-electron chi connectivity index (χ2n) is 3.29. The molecule has 6 heteroatoms. The molecule has 0 radical (unpaired) electrons. The summed E-state index contributed by atoms with van der Waals surface area (Å²) in [7, 11) is 0. The fourth-order valence-electron chi connectivity index (χ4n) is 1.23. The van der Waals surface area contributed by atoms with E-state index in [1.807, 2.05) is 0 Å². The molecule has 1 unspecified atom stereocenters. The van der Waals surface area contributed by atoms with E-state index in [-0.39, 0.29) is 5.15 Å². The van der Waals surface area contributed by atoms with Crippen LogP contribution in [0.1, 0.15) is 23.7 Å². The van der Waals surface area contributed by atoms with Gasteiger partial charge in [0.2, 0.25) is 0 Å². The number of rotatable bonds is 2. The molecule has 1 rings (SSSR count). The lowest BCUT2D eigenvalue weighted by Crippen LogP contribution is -2.20. The average molecular weight is 239 g/mol. The number of nitrogens with two attached hydrogens (primary N) is 1. The molecule has 0 aliphatic carbocycles. The highest BCUT2D eigenvalue weighted by Crippen LogP contribution is 2.28. The van der Waals surface area contributed by atoms with E-state index in [0.29, 0.717) is 11.3 Å². The second kappa shape index (κ2) is 4.37. The number of nitrogens with zero attached hydrogens (tertiary/aromatic N) is 1. The molecule has 0 saturated heterocycles. The molecule has 2 N–H and O–H groups in total. The Morgan fingerprint density at radius 3 is 2.53 bits per heavy atom. The van der Waals surface area contributed by atoms with Gasteiger partial charge in [0.25, 0.3) is 0 Å². The van der Waals surface area contributed by atoms with Gasteiger partial charge in [0.05, 0.1) is 6.42 Å². The Hall–Kier alpha value is -0.810. The van der Waals surface area contributed by atoms with Crippen LogP contribution >= 0.6 is 11.6 Å². The first-order valence-electron chi connectivity index (χ1n) is 4.24. The largest absolute Gasteiger partial charge is 0.390 e. The Balaban J connectivity index is 2.86. The Morgan fingerprint density at radius 1 is 1.47 bits per heavy atom. The van der Waals surface area contributed by atoms with Crippen LogP contribution in [0, 0.1) is 6.92 Å². The molecule has 0 aromatic carbocycles. The standard InChI is InChI=1S/C9H10ClF3N2/c1-5-2-6(3-8(10)15-5)7(14)4-9(11,12)13/h2-3,7H,4,14H2,1H3. The first-order valence-corrected chi connectivity index (χ1v) is 4.62. The normalized spacial score (nSPS) is 14.0. The summed E-state index contributed by atoms with van der Waals surface area (Å²) in [5.41, 5.74) is 6.32. The monoisotopic (exact) mass is 238 g/mol. The first kappa shape index (κ1) is 12.3. The summed E-state index contributed by atoms with van der Waals surface area (Å²) in [6.45, 7) is 1.65. The predicted octanol–water partition coefficient (Wildman–Crippen LogP) is 3.00. The third kappa shape index (κ3) is 4.05. The maximum absolute atomic E-state index is 12.1. The molecule has 0 amide bonds. The van der Waals surface area contributed by atoms with Crippen LogP contribution in [0.4, 0.5) is 13.2 Å². The van der Waals surface area contributed by atoms with Gasteiger partial charge in [0.1, 0.15) is 5.15 Å². The van der Waals surface area contributed by atoms with Crippen molar-refractivity contribution in [2.45, 2.75) is 25.6 Å². The molecule has 1 aromatic heterocycles. The van der Waals surface area contributed by atoms with E-state index in [1.165, 1.54) is 12.1 Å². The molecular weight excluding hydrogens is 229 g/mol. The van der Waals surface area contributed by atoms with Gasteiger partial charge in [-0.15, -0.1) is 0 Å². The van der Waals surface area contributed by atoms with Crippen molar-refractivity contribution in [3.63, 3.8) is 0 Å². The minimum absolute atomic E-state index is 0.155. The van der Waals surface area contributed by atoms with Crippen LogP contribution in [-0.2, 0) is 0 Å². The lowest BCUT2D eigenvalue weighted by Gasteiger charge is -2.14. The molecule has 2 nitrogen and oxygen atoms in total. The van der Waals surface area contributed by atoms with Gasteiger partial charge in [-0.1, -0.05) is 11.6 Å². The van der Waals surface area contributed by atoms with Crippen LogP contribution in [0.2, 0.25) is 5.15 Å². The van der Waals surface area contributed by atoms with Crippen LogP contribution in [0.5, 0.6) is 0 Å². The molecule has 0 bridgehead atoms. The molecule has 0 aliphatic rings. The molecule has 1 aromatic rings. The molecule has 0 fully saturated rings. The summed E-state index contributed by atoms with van der Waals surface area (Å²) in [6.07, 6.45) is -5.34. The van der Waals surface area contributed by atoms with Crippen LogP contribution in [-0.4, -0.2) is 11.2 Å². The highest BCUT2D eigenvalue weighted by atomic mass is 35.5. The minimum atomic E-state index is -4.27. The van der Waals surface area contributed by atoms with Crippen molar-refractivity contribution < 1.29 is 13.2 Å². The van der Waals surface area contributed by atoms with Crippen LogP contribution in [0.3, 0.4) is 0 Å². The second-order valence-corrected chi connectivity index (χ2v) is 3.68. The predicted molar refractivity (Wildman–Crippen MR) is 51.6 cm³/mol. The van der Waals surface area contributed by atoms with Crippen molar-refractivity contribution in [2.75, 3.05) is 0 Å². The van der Waals surface area contributed by atoms with Gasteiger partial charge in [-0.05, 0) is 24.6 Å². The number of hydrogen-bond acceptors (Lipinski definition) is 2. The maximum Gasteiger partial charge on any atom is 0.390 e. The molecule has 1 heterocycles. The number of aromatic nitrogens is 1. The van der Waals surface area contributed by atoms with Crippen molar-refractivity contribution in [1.82, 2.24) is 4.98 Å². The number of hydrogen-bond donors (Lipinski definition) is 1. The SMILES string of the molecule is Cc1cc(C(N)CC(F)(F)F)cc(Cl)n1. The lowest BCUT2D eigenvalue weighted by atomic mass is 10.1. The topological polar surface area (TPSA) is 38.9 Å². The van der Waals surface area contributed by atoms with Crippen LogP contribution < -0.4 is 5.73 Å². The summed E-state index contributed by atoms with van der Waals surface area (Å²) in [5.74, 6) is 0. The van der Waals surface area contributed by atoms with Gasteiger partial charge >= 0.3 is 6.18 Å². The van der Waals surface area contributed by atoms with Crippen LogP contribution in [0.15, 0.2) is 12.1 Å². The highest BCUT2D eigenvalue weighted by molar-refractivity contribution is 6.29. The molecule has 0 saturated carbocycles. The molecular formula is C9H10ClF3N2. The van der Waals surface area contributed by atoms with Crippen molar-refractivity contribution in [3.05, 3.63) is 28.5 Å². The van der Waals surface area contributed by atoms with E-state index >= 15 is 0 Å². The van der Waals surface area contributed by atoms with E-state index in [0.717, 1.165) is 0 Å². The number of pyridine rings is 1.